The molecule has 1 aliphatic carbocycles. The van der Waals surface area contributed by atoms with Crippen molar-refractivity contribution in [3.05, 3.63) is 29.8 Å². The van der Waals surface area contributed by atoms with E-state index < -0.39 is 10.0 Å². The Morgan fingerprint density at radius 3 is 2.61 bits per heavy atom. The van der Waals surface area contributed by atoms with Crippen molar-refractivity contribution in [2.75, 3.05) is 25.6 Å². The molecule has 2 fully saturated rings. The second-order valence-corrected chi connectivity index (χ2v) is 8.45. The van der Waals surface area contributed by atoms with Gasteiger partial charge in [0.25, 0.3) is 0 Å². The lowest BCUT2D eigenvalue weighted by atomic mass is 9.98. The zero-order valence-electron chi connectivity index (χ0n) is 13.5. The van der Waals surface area contributed by atoms with Crippen molar-refractivity contribution in [3.8, 4) is 5.75 Å². The molecule has 5 nitrogen and oxygen atoms in total. The summed E-state index contributed by atoms with van der Waals surface area (Å²) in [7, 11) is -3.20. The van der Waals surface area contributed by atoms with Gasteiger partial charge in [0.2, 0.25) is 10.0 Å². The predicted octanol–water partition coefficient (Wildman–Crippen LogP) is 2.29. The summed E-state index contributed by atoms with van der Waals surface area (Å²) in [5.41, 5.74) is 1.38. The minimum atomic E-state index is -3.20. The van der Waals surface area contributed by atoms with E-state index >= 15 is 0 Å². The van der Waals surface area contributed by atoms with Crippen LogP contribution in [0.1, 0.15) is 37.7 Å². The summed E-state index contributed by atoms with van der Waals surface area (Å²) >= 11 is 0. The number of hydrogen-bond donors (Lipinski definition) is 1. The van der Waals surface area contributed by atoms with Crippen LogP contribution in [-0.4, -0.2) is 40.0 Å². The molecule has 1 aromatic rings. The summed E-state index contributed by atoms with van der Waals surface area (Å²) in [6.07, 6.45) is 3.27. The second-order valence-electron chi connectivity index (χ2n) is 6.41. The van der Waals surface area contributed by atoms with Crippen LogP contribution < -0.4 is 9.46 Å². The molecule has 0 bridgehead atoms. The molecule has 0 amide bonds. The summed E-state index contributed by atoms with van der Waals surface area (Å²) in [4.78, 5) is 0. The van der Waals surface area contributed by atoms with Crippen LogP contribution in [0.5, 0.6) is 5.75 Å². The highest BCUT2D eigenvalue weighted by atomic mass is 32.2. The van der Waals surface area contributed by atoms with E-state index in [1.807, 2.05) is 12.1 Å². The van der Waals surface area contributed by atoms with Crippen molar-refractivity contribution in [2.45, 2.75) is 38.1 Å². The summed E-state index contributed by atoms with van der Waals surface area (Å²) in [6, 6.07) is 8.15. The van der Waals surface area contributed by atoms with Crippen LogP contribution in [0, 0.1) is 5.92 Å². The molecule has 2 atom stereocenters. The highest BCUT2D eigenvalue weighted by Gasteiger charge is 2.29. The maximum Gasteiger partial charge on any atom is 0.211 e. The Hall–Kier alpha value is -1.11. The summed E-state index contributed by atoms with van der Waals surface area (Å²) in [5.74, 6) is 1.70. The van der Waals surface area contributed by atoms with Crippen LogP contribution in [0.3, 0.4) is 0 Å². The van der Waals surface area contributed by atoms with Gasteiger partial charge >= 0.3 is 0 Å². The quantitative estimate of drug-likeness (QED) is 0.828. The van der Waals surface area contributed by atoms with Gasteiger partial charge in [0.15, 0.2) is 0 Å². The number of nitrogens with one attached hydrogen (secondary N) is 1. The SMILES string of the molecule is CCS(=O)(=O)N[C@H]1CCOC[C@@H]1COc1ccc(C2CC2)cc1. The molecule has 0 aromatic heterocycles. The number of benzene rings is 1. The van der Waals surface area contributed by atoms with E-state index in [1.165, 1.54) is 18.4 Å². The first-order valence-corrected chi connectivity index (χ1v) is 10.0. The minimum Gasteiger partial charge on any atom is -0.493 e. The van der Waals surface area contributed by atoms with Crippen LogP contribution in [-0.2, 0) is 14.8 Å². The molecule has 23 heavy (non-hydrogen) atoms. The molecule has 128 valence electrons. The van der Waals surface area contributed by atoms with Crippen LogP contribution >= 0.6 is 0 Å². The lowest BCUT2D eigenvalue weighted by Gasteiger charge is -2.31. The molecule has 6 heteroatoms. The lowest BCUT2D eigenvalue weighted by molar-refractivity contribution is 0.0186. The van der Waals surface area contributed by atoms with Gasteiger partial charge in [-0.2, -0.15) is 0 Å². The van der Waals surface area contributed by atoms with Crippen molar-refractivity contribution < 1.29 is 17.9 Å². The summed E-state index contributed by atoms with van der Waals surface area (Å²) in [5, 5.41) is 0. The predicted molar refractivity (Wildman–Crippen MR) is 89.2 cm³/mol. The van der Waals surface area contributed by atoms with Crippen molar-refractivity contribution >= 4 is 10.0 Å². The molecule has 1 aliphatic heterocycles. The van der Waals surface area contributed by atoms with Crippen LogP contribution in [0.4, 0.5) is 0 Å². The third kappa shape index (κ3) is 4.68. The fourth-order valence-electron chi connectivity index (χ4n) is 2.89. The zero-order valence-corrected chi connectivity index (χ0v) is 14.3. The highest BCUT2D eigenvalue weighted by molar-refractivity contribution is 7.89. The first kappa shape index (κ1) is 16.7. The number of sulfonamides is 1. The van der Waals surface area contributed by atoms with Crippen molar-refractivity contribution in [3.63, 3.8) is 0 Å². The zero-order chi connectivity index (χ0) is 16.3. The molecule has 0 radical (unpaired) electrons. The average Bonchev–Trinajstić information content (AvgIpc) is 3.39. The minimum absolute atomic E-state index is 0.0354. The van der Waals surface area contributed by atoms with Gasteiger partial charge < -0.3 is 9.47 Å². The van der Waals surface area contributed by atoms with E-state index in [0.29, 0.717) is 26.2 Å². The van der Waals surface area contributed by atoms with E-state index in [9.17, 15) is 8.42 Å². The van der Waals surface area contributed by atoms with Gasteiger partial charge in [0.05, 0.1) is 19.0 Å². The molecule has 0 unspecified atom stereocenters. The first-order valence-electron chi connectivity index (χ1n) is 8.38. The maximum absolute atomic E-state index is 11.8. The molecule has 1 N–H and O–H groups in total. The van der Waals surface area contributed by atoms with Crippen molar-refractivity contribution in [2.24, 2.45) is 5.92 Å². The lowest BCUT2D eigenvalue weighted by Crippen LogP contribution is -2.47. The number of hydrogen-bond acceptors (Lipinski definition) is 4. The number of ether oxygens (including phenoxy) is 2. The Balaban J connectivity index is 1.56. The Kier molecular flexibility index (Phi) is 5.24. The van der Waals surface area contributed by atoms with Gasteiger partial charge in [-0.15, -0.1) is 0 Å². The van der Waals surface area contributed by atoms with E-state index in [1.54, 1.807) is 6.92 Å². The van der Waals surface area contributed by atoms with Gasteiger partial charge in [0.1, 0.15) is 5.75 Å². The van der Waals surface area contributed by atoms with E-state index in [-0.39, 0.29) is 17.7 Å². The fraction of sp³-hybridized carbons (Fsp3) is 0.647. The Labute approximate surface area is 138 Å². The van der Waals surface area contributed by atoms with E-state index in [2.05, 4.69) is 16.9 Å². The van der Waals surface area contributed by atoms with Crippen molar-refractivity contribution in [1.29, 1.82) is 0 Å². The summed E-state index contributed by atoms with van der Waals surface area (Å²) in [6.45, 7) is 3.22. The molecule has 1 saturated carbocycles. The first-order chi connectivity index (χ1) is 11.1. The van der Waals surface area contributed by atoms with Gasteiger partial charge in [-0.3, -0.25) is 0 Å². The Morgan fingerprint density at radius 2 is 1.96 bits per heavy atom. The molecule has 3 rings (SSSR count). The largest absolute Gasteiger partial charge is 0.493 e. The number of rotatable bonds is 7. The molecule has 1 saturated heterocycles. The normalized spacial score (nSPS) is 25.3. The molecular weight excluding hydrogens is 314 g/mol. The maximum atomic E-state index is 11.8. The summed E-state index contributed by atoms with van der Waals surface area (Å²) < 4.78 is 37.7. The van der Waals surface area contributed by atoms with Gasteiger partial charge in [-0.05, 0) is 49.8 Å². The van der Waals surface area contributed by atoms with Crippen LogP contribution in [0.25, 0.3) is 0 Å². The molecular formula is C17H25NO4S. The van der Waals surface area contributed by atoms with E-state index in [0.717, 1.165) is 11.7 Å². The molecule has 2 aliphatic rings. The molecule has 1 aromatic carbocycles. The van der Waals surface area contributed by atoms with Crippen LogP contribution in [0.15, 0.2) is 24.3 Å². The second kappa shape index (κ2) is 7.20. The fourth-order valence-corrected chi connectivity index (χ4v) is 3.82. The van der Waals surface area contributed by atoms with E-state index in [4.69, 9.17) is 9.47 Å². The topological polar surface area (TPSA) is 64.6 Å². The van der Waals surface area contributed by atoms with Gasteiger partial charge in [-0.25, -0.2) is 13.1 Å². The monoisotopic (exact) mass is 339 g/mol. The highest BCUT2D eigenvalue weighted by Crippen LogP contribution is 2.40. The third-order valence-corrected chi connectivity index (χ3v) is 6.00. The van der Waals surface area contributed by atoms with Crippen molar-refractivity contribution in [1.82, 2.24) is 4.72 Å². The standard InChI is InChI=1S/C17H25NO4S/c1-2-23(19,20)18-17-9-10-21-11-15(17)12-22-16-7-5-14(6-8-16)13-3-4-13/h5-8,13,15,17-18H,2-4,9-12H2,1H3/t15-,17+/m1/s1. The van der Waals surface area contributed by atoms with Gasteiger partial charge in [0, 0.05) is 18.6 Å². The Bertz CT molecular complexity index is 610. The molecule has 1 heterocycles. The third-order valence-electron chi connectivity index (χ3n) is 4.58. The Morgan fingerprint density at radius 1 is 1.22 bits per heavy atom. The van der Waals surface area contributed by atoms with Crippen LogP contribution in [0.2, 0.25) is 0 Å². The average molecular weight is 339 g/mol. The smallest absolute Gasteiger partial charge is 0.211 e. The van der Waals surface area contributed by atoms with Gasteiger partial charge in [-0.1, -0.05) is 12.1 Å². The molecule has 0 spiro atoms.